The van der Waals surface area contributed by atoms with Gasteiger partial charge in [0.25, 0.3) is 0 Å². The van der Waals surface area contributed by atoms with Crippen molar-refractivity contribution in [2.75, 3.05) is 6.54 Å². The highest BCUT2D eigenvalue weighted by molar-refractivity contribution is 7.89. The van der Waals surface area contributed by atoms with Gasteiger partial charge in [0.1, 0.15) is 11.7 Å². The molecule has 1 heterocycles. The summed E-state index contributed by atoms with van der Waals surface area (Å²) in [6.07, 6.45) is 1.32. The fourth-order valence-electron chi connectivity index (χ4n) is 1.79. The first-order valence-electron chi connectivity index (χ1n) is 6.06. The van der Waals surface area contributed by atoms with Gasteiger partial charge >= 0.3 is 0 Å². The molecule has 5 nitrogen and oxygen atoms in total. The third-order valence-electron chi connectivity index (χ3n) is 2.78. The fourth-order valence-corrected chi connectivity index (χ4v) is 3.36. The minimum absolute atomic E-state index is 0.0219. The Labute approximate surface area is 128 Å². The topological polar surface area (TPSA) is 74.1 Å². The Kier molecular flexibility index (Phi) is 4.91. The van der Waals surface area contributed by atoms with Gasteiger partial charge in [-0.25, -0.2) is 13.4 Å². The van der Waals surface area contributed by atoms with Gasteiger partial charge < -0.3 is 0 Å². The second kappa shape index (κ2) is 6.68. The Morgan fingerprint density at radius 1 is 1.24 bits per heavy atom. The molecule has 0 aliphatic rings. The van der Waals surface area contributed by atoms with Gasteiger partial charge in [-0.15, -0.1) is 0 Å². The highest BCUT2D eigenvalue weighted by Gasteiger charge is 2.24. The average molecular weight is 322 g/mol. The minimum Gasteiger partial charge on any atom is -0.244 e. The lowest BCUT2D eigenvalue weighted by Crippen LogP contribution is -2.31. The summed E-state index contributed by atoms with van der Waals surface area (Å²) in [6.45, 7) is -0.117. The van der Waals surface area contributed by atoms with Crippen molar-refractivity contribution in [3.05, 3.63) is 59.4 Å². The summed E-state index contributed by atoms with van der Waals surface area (Å²) in [5, 5.41) is 8.98. The fraction of sp³-hybridized carbons (Fsp3) is 0.143. The zero-order valence-electron chi connectivity index (χ0n) is 11.0. The van der Waals surface area contributed by atoms with E-state index in [9.17, 15) is 8.42 Å². The first-order chi connectivity index (χ1) is 10.0. The van der Waals surface area contributed by atoms with Crippen molar-refractivity contribution < 1.29 is 8.42 Å². The molecule has 0 spiro atoms. The third kappa shape index (κ3) is 3.79. The van der Waals surface area contributed by atoms with E-state index < -0.39 is 10.0 Å². The SMILES string of the molecule is N#CCN(Cc1ccccc1)S(=O)(=O)c1ccnc(Cl)c1. The first kappa shape index (κ1) is 15.4. The molecule has 0 aliphatic carbocycles. The highest BCUT2D eigenvalue weighted by atomic mass is 35.5. The molecule has 0 amide bonds. The molecule has 108 valence electrons. The summed E-state index contributed by atoms with van der Waals surface area (Å²) >= 11 is 5.73. The van der Waals surface area contributed by atoms with Gasteiger partial charge in [-0.1, -0.05) is 41.9 Å². The second-order valence-corrected chi connectivity index (χ2v) is 6.56. The van der Waals surface area contributed by atoms with Crippen molar-refractivity contribution in [1.82, 2.24) is 9.29 Å². The number of aromatic nitrogens is 1. The van der Waals surface area contributed by atoms with Crippen LogP contribution in [-0.2, 0) is 16.6 Å². The molecule has 7 heteroatoms. The number of rotatable bonds is 5. The van der Waals surface area contributed by atoms with Crippen molar-refractivity contribution >= 4 is 21.6 Å². The van der Waals surface area contributed by atoms with Crippen molar-refractivity contribution in [3.63, 3.8) is 0 Å². The molecule has 0 radical (unpaired) electrons. The van der Waals surface area contributed by atoms with E-state index in [1.165, 1.54) is 18.3 Å². The maximum Gasteiger partial charge on any atom is 0.244 e. The van der Waals surface area contributed by atoms with Crippen molar-refractivity contribution in [2.45, 2.75) is 11.4 Å². The van der Waals surface area contributed by atoms with E-state index in [-0.39, 0.29) is 23.1 Å². The summed E-state index contributed by atoms with van der Waals surface area (Å²) in [4.78, 5) is 3.78. The quantitative estimate of drug-likeness (QED) is 0.626. The highest BCUT2D eigenvalue weighted by Crippen LogP contribution is 2.19. The van der Waals surface area contributed by atoms with Gasteiger partial charge in [0.2, 0.25) is 10.0 Å². The van der Waals surface area contributed by atoms with Crippen molar-refractivity contribution in [3.8, 4) is 6.07 Å². The number of benzene rings is 1. The predicted octanol–water partition coefficient (Wildman–Crippen LogP) is 2.45. The average Bonchev–Trinajstić information content (AvgIpc) is 2.48. The maximum atomic E-state index is 12.6. The second-order valence-electron chi connectivity index (χ2n) is 4.23. The monoisotopic (exact) mass is 321 g/mol. The zero-order chi connectivity index (χ0) is 15.3. The lowest BCUT2D eigenvalue weighted by Gasteiger charge is -2.19. The van der Waals surface area contributed by atoms with Gasteiger partial charge in [0, 0.05) is 12.7 Å². The molecule has 0 saturated carbocycles. The standard InChI is InChI=1S/C14H12ClN3O2S/c15-14-10-13(6-8-17-14)21(19,20)18(9-7-16)11-12-4-2-1-3-5-12/h1-6,8,10H,9,11H2. The van der Waals surface area contributed by atoms with Crippen LogP contribution in [0.3, 0.4) is 0 Å². The number of halogens is 1. The Morgan fingerprint density at radius 2 is 1.95 bits per heavy atom. The van der Waals surface area contributed by atoms with E-state index in [0.29, 0.717) is 0 Å². The van der Waals surface area contributed by atoms with Crippen LogP contribution in [0.25, 0.3) is 0 Å². The lowest BCUT2D eigenvalue weighted by atomic mass is 10.2. The molecule has 1 aromatic carbocycles. The van der Waals surface area contributed by atoms with Gasteiger partial charge in [-0.2, -0.15) is 9.57 Å². The minimum atomic E-state index is -3.80. The van der Waals surface area contributed by atoms with Crippen LogP contribution in [0.4, 0.5) is 0 Å². The van der Waals surface area contributed by atoms with E-state index in [1.807, 2.05) is 24.3 Å². The Balaban J connectivity index is 2.35. The van der Waals surface area contributed by atoms with Crippen LogP contribution in [-0.4, -0.2) is 24.3 Å². The molecular formula is C14H12ClN3O2S. The summed E-state index contributed by atoms with van der Waals surface area (Å²) in [5.41, 5.74) is 0.802. The van der Waals surface area contributed by atoms with Gasteiger partial charge in [0.15, 0.2) is 0 Å². The molecule has 0 unspecified atom stereocenters. The number of pyridine rings is 1. The van der Waals surface area contributed by atoms with E-state index in [0.717, 1.165) is 9.87 Å². The third-order valence-corrected chi connectivity index (χ3v) is 4.78. The molecule has 2 aromatic rings. The molecule has 0 bridgehead atoms. The van der Waals surface area contributed by atoms with Gasteiger partial charge in [0.05, 0.1) is 11.0 Å². The summed E-state index contributed by atoms with van der Waals surface area (Å²) in [7, 11) is -3.80. The zero-order valence-corrected chi connectivity index (χ0v) is 12.5. The number of nitrogens with zero attached hydrogens (tertiary/aromatic N) is 3. The van der Waals surface area contributed by atoms with Crippen LogP contribution in [0.1, 0.15) is 5.56 Å². The van der Waals surface area contributed by atoms with Crippen LogP contribution < -0.4 is 0 Å². The summed E-state index contributed by atoms with van der Waals surface area (Å²) in [5.74, 6) is 0. The Morgan fingerprint density at radius 3 is 2.57 bits per heavy atom. The van der Waals surface area contributed by atoms with Gasteiger partial charge in [-0.3, -0.25) is 0 Å². The number of sulfonamides is 1. The molecule has 0 saturated heterocycles. The van der Waals surface area contributed by atoms with Crippen LogP contribution in [0.15, 0.2) is 53.6 Å². The molecule has 1 aromatic heterocycles. The number of nitriles is 1. The molecular weight excluding hydrogens is 310 g/mol. The number of hydrogen-bond acceptors (Lipinski definition) is 4. The van der Waals surface area contributed by atoms with Crippen LogP contribution in [0.5, 0.6) is 0 Å². The van der Waals surface area contributed by atoms with E-state index in [2.05, 4.69) is 4.98 Å². The van der Waals surface area contributed by atoms with E-state index in [4.69, 9.17) is 16.9 Å². The molecule has 0 N–H and O–H groups in total. The van der Waals surface area contributed by atoms with Crippen molar-refractivity contribution in [2.24, 2.45) is 0 Å². The maximum absolute atomic E-state index is 12.6. The first-order valence-corrected chi connectivity index (χ1v) is 7.88. The van der Waals surface area contributed by atoms with Gasteiger partial charge in [-0.05, 0) is 17.7 Å². The number of hydrogen-bond donors (Lipinski definition) is 0. The van der Waals surface area contributed by atoms with Crippen molar-refractivity contribution in [1.29, 1.82) is 5.26 Å². The Bertz CT molecular complexity index is 757. The molecule has 0 fully saturated rings. The summed E-state index contributed by atoms with van der Waals surface area (Å²) < 4.78 is 26.2. The normalized spacial score (nSPS) is 11.3. The molecule has 0 atom stereocenters. The predicted molar refractivity (Wildman–Crippen MR) is 78.9 cm³/mol. The molecule has 0 aliphatic heterocycles. The van der Waals surface area contributed by atoms with E-state index in [1.54, 1.807) is 12.1 Å². The van der Waals surface area contributed by atoms with Crippen LogP contribution in [0, 0.1) is 11.3 Å². The molecule has 21 heavy (non-hydrogen) atoms. The van der Waals surface area contributed by atoms with Crippen LogP contribution in [0.2, 0.25) is 5.15 Å². The smallest absolute Gasteiger partial charge is 0.244 e. The Hall–Kier alpha value is -1.94. The molecule has 2 rings (SSSR count). The van der Waals surface area contributed by atoms with Crippen LogP contribution >= 0.6 is 11.6 Å². The summed E-state index contributed by atoms with van der Waals surface area (Å²) in [6, 6.07) is 13.6. The lowest BCUT2D eigenvalue weighted by molar-refractivity contribution is 0.441. The van der Waals surface area contributed by atoms with E-state index >= 15 is 0 Å². The largest absolute Gasteiger partial charge is 0.244 e.